The number of carbonyl (C=O) groups is 13. The summed E-state index contributed by atoms with van der Waals surface area (Å²) in [6.45, 7) is 38.6. The Labute approximate surface area is 609 Å². The minimum absolute atomic E-state index is 0.0600. The number of esters is 2. The highest BCUT2D eigenvalue weighted by atomic mass is 16.6. The number of nitrogens with one attached hydrogen (secondary N) is 4. The number of ether oxygens (including phenoxy) is 3. The average Bonchev–Trinajstić information content (AvgIpc) is 0.803. The van der Waals surface area contributed by atoms with Crippen molar-refractivity contribution in [3.05, 3.63) is 12.2 Å². The van der Waals surface area contributed by atoms with Gasteiger partial charge < -0.3 is 70.0 Å². The topological polar surface area (TPSA) is 341 Å². The molecule has 0 aromatic carbocycles. The molecule has 0 aromatic rings. The highest BCUT2D eigenvalue weighted by Gasteiger charge is 2.47. The Morgan fingerprint density at radius 1 is 0.500 bits per heavy atom. The Kier molecular flexibility index (Phi) is 39.9. The van der Waals surface area contributed by atoms with Crippen LogP contribution in [0.2, 0.25) is 0 Å². The van der Waals surface area contributed by atoms with Gasteiger partial charge in [-0.25, -0.2) is 9.59 Å². The zero-order valence-electron chi connectivity index (χ0n) is 67.5. The largest absolute Gasteiger partial charge is 0.462 e. The molecule has 0 spiro atoms. The first-order chi connectivity index (χ1) is 46.7. The lowest BCUT2D eigenvalue weighted by molar-refractivity contribution is -0.164. The minimum Gasteiger partial charge on any atom is -0.462 e. The summed E-state index contributed by atoms with van der Waals surface area (Å²) in [5, 5.41) is 21.5. The number of nitrogens with zero attached hydrogens (tertiary/aromatic N) is 7. The van der Waals surface area contributed by atoms with Crippen molar-refractivity contribution in [3.8, 4) is 0 Å². The minimum atomic E-state index is -1.57. The van der Waals surface area contributed by atoms with Crippen LogP contribution in [0.4, 0.5) is 4.79 Å². The second kappa shape index (κ2) is 43.0. The van der Waals surface area contributed by atoms with Crippen molar-refractivity contribution in [1.82, 2.24) is 55.6 Å². The van der Waals surface area contributed by atoms with Crippen LogP contribution < -0.4 is 21.3 Å². The number of aliphatic hydroxyl groups is 1. The summed E-state index contributed by atoms with van der Waals surface area (Å²) < 4.78 is 16.9. The first-order valence-corrected chi connectivity index (χ1v) is 36.1. The smallest absolute Gasteiger partial charge is 0.410 e. The molecule has 13 unspecified atom stereocenters. The SMILES string of the molecule is CC=CCC(C)C(OC(C)=O)C(C(=O)NC(CC)C(=O)OCCN(C)C(C)=O)N(C)C(=O)C(C(C)C)N(C)C(=O)C(CC(C)C)N(C)C(=O)C(CC(C)C)N(C)C(=O)C(C)NC(=O)C(C)NC(=O)C(CC(C)C)N(C)C(=O)C(NC(=O)C(C(C)CCC(C)(C)O)N(C)C(=O)OC(C)(C)C)C(C)C. The zero-order chi connectivity index (χ0) is 79.7. The standard InChI is InChI=1S/C74H133N11O17/c1-31-33-34-48(14)61(101-52(18)87)60(65(91)77-53(32-2)71(97)100-38-37-79(24)51(17)86)84(29)70(96)58(46(11)12)83(28)68(94)56(41-44(7)8)82(27)67(93)55(40-43(5)6)81(26)66(92)50(16)76-62(88)49(15)75-63(89)54(39-42(3)4)80(25)69(95)57(45(9)10)78-64(90)59(47(13)35-36-74(22,23)99)85(30)72(98)102-73(19,20)21/h31,33,42-50,53-61,99H,32,34-41H2,1-30H3,(H,75,89)(H,76,88)(H,77,91)(H,78,90). The maximum Gasteiger partial charge on any atom is 0.410 e. The number of rotatable bonds is 41. The molecule has 0 aromatic heterocycles. The van der Waals surface area contributed by atoms with E-state index in [-0.39, 0.29) is 62.5 Å². The maximum atomic E-state index is 15.3. The summed E-state index contributed by atoms with van der Waals surface area (Å²) >= 11 is 0. The van der Waals surface area contributed by atoms with Gasteiger partial charge in [0.25, 0.3) is 0 Å². The van der Waals surface area contributed by atoms with E-state index in [4.69, 9.17) is 14.2 Å². The summed E-state index contributed by atoms with van der Waals surface area (Å²) in [6.07, 6.45) is 2.89. The molecule has 0 aliphatic rings. The van der Waals surface area contributed by atoms with Crippen LogP contribution in [0.5, 0.6) is 0 Å². The maximum absolute atomic E-state index is 15.3. The molecule has 13 atom stereocenters. The summed E-state index contributed by atoms with van der Waals surface area (Å²) in [7, 11) is 10.0. The van der Waals surface area contributed by atoms with E-state index >= 15 is 14.4 Å². The molecule has 0 fully saturated rings. The lowest BCUT2D eigenvalue weighted by Gasteiger charge is -2.42. The van der Waals surface area contributed by atoms with Crippen LogP contribution in [-0.4, -0.2) is 257 Å². The fraction of sp³-hybridized carbons (Fsp3) is 0.797. The average molecular weight is 1450 g/mol. The predicted molar refractivity (Wildman–Crippen MR) is 391 cm³/mol. The van der Waals surface area contributed by atoms with Gasteiger partial charge in [-0.2, -0.15) is 0 Å². The number of carbonyl (C=O) groups excluding carboxylic acids is 13. The predicted octanol–water partition coefficient (Wildman–Crippen LogP) is 5.94. The number of amides is 11. The lowest BCUT2D eigenvalue weighted by Crippen LogP contribution is -2.63. The Bertz CT molecular complexity index is 2830. The Morgan fingerprint density at radius 2 is 0.961 bits per heavy atom. The van der Waals surface area contributed by atoms with E-state index in [2.05, 4.69) is 21.3 Å². The van der Waals surface area contributed by atoms with Gasteiger partial charge in [-0.1, -0.05) is 102 Å². The van der Waals surface area contributed by atoms with Gasteiger partial charge in [-0.3, -0.25) is 57.6 Å². The van der Waals surface area contributed by atoms with Gasteiger partial charge in [-0.15, -0.1) is 0 Å². The van der Waals surface area contributed by atoms with E-state index in [1.165, 1.54) is 99.4 Å². The first kappa shape index (κ1) is 94.6. The van der Waals surface area contributed by atoms with Crippen LogP contribution in [-0.2, 0) is 71.7 Å². The van der Waals surface area contributed by atoms with Crippen LogP contribution in [0, 0.1) is 41.4 Å². The second-order valence-electron chi connectivity index (χ2n) is 31.3. The molecule has 28 nitrogen and oxygen atoms in total. The van der Waals surface area contributed by atoms with Crippen molar-refractivity contribution in [2.45, 2.75) is 282 Å². The molecule has 11 amide bonds. The monoisotopic (exact) mass is 1450 g/mol. The van der Waals surface area contributed by atoms with Crippen molar-refractivity contribution in [1.29, 1.82) is 0 Å². The number of allylic oxidation sites excluding steroid dienone is 2. The van der Waals surface area contributed by atoms with Crippen molar-refractivity contribution < 1.29 is 81.6 Å². The summed E-state index contributed by atoms with van der Waals surface area (Å²) in [5.41, 5.74) is -1.96. The van der Waals surface area contributed by atoms with Crippen molar-refractivity contribution in [3.63, 3.8) is 0 Å². The molecule has 0 aliphatic carbocycles. The molecular formula is C74H133N11O17. The quantitative estimate of drug-likeness (QED) is 0.0269. The molecule has 0 rings (SSSR count). The Balaban J connectivity index is 7.22. The second-order valence-corrected chi connectivity index (χ2v) is 31.3. The van der Waals surface area contributed by atoms with Gasteiger partial charge in [0.15, 0.2) is 0 Å². The van der Waals surface area contributed by atoms with E-state index < -0.39 is 173 Å². The Morgan fingerprint density at radius 3 is 1.40 bits per heavy atom. The molecule has 102 heavy (non-hydrogen) atoms. The third-order valence-corrected chi connectivity index (χ3v) is 18.1. The normalized spacial score (nSPS) is 15.8. The number of hydrogen-bond acceptors (Lipinski definition) is 17. The number of likely N-dealkylation sites (N-methyl/N-ethyl adjacent to an activating group) is 7. The summed E-state index contributed by atoms with van der Waals surface area (Å²) in [5.74, 6) is -10.9. The van der Waals surface area contributed by atoms with E-state index in [9.17, 15) is 53.1 Å². The molecule has 28 heteroatoms. The highest BCUT2D eigenvalue weighted by molar-refractivity contribution is 5.99. The van der Waals surface area contributed by atoms with E-state index in [0.717, 1.165) is 4.90 Å². The summed E-state index contributed by atoms with van der Waals surface area (Å²) in [6, 6.07) is -12.6. The number of hydrogen-bond donors (Lipinski definition) is 5. The van der Waals surface area contributed by atoms with Crippen molar-refractivity contribution in [2.24, 2.45) is 41.4 Å². The van der Waals surface area contributed by atoms with Gasteiger partial charge in [0, 0.05) is 63.2 Å². The van der Waals surface area contributed by atoms with Gasteiger partial charge >= 0.3 is 18.0 Å². The van der Waals surface area contributed by atoms with Gasteiger partial charge in [0.2, 0.25) is 59.1 Å². The molecule has 0 radical (unpaired) electrons. The van der Waals surface area contributed by atoms with Crippen molar-refractivity contribution >= 4 is 77.1 Å². The molecule has 0 bridgehead atoms. The zero-order valence-corrected chi connectivity index (χ0v) is 67.5. The molecule has 0 saturated heterocycles. The van der Waals surface area contributed by atoms with E-state index in [1.54, 1.807) is 103 Å². The molecule has 5 N–H and O–H groups in total. The van der Waals surface area contributed by atoms with E-state index in [0.29, 0.717) is 19.3 Å². The fourth-order valence-electron chi connectivity index (χ4n) is 11.8. The molecule has 586 valence electrons. The van der Waals surface area contributed by atoms with Crippen LogP contribution in [0.25, 0.3) is 0 Å². The molecule has 0 heterocycles. The van der Waals surface area contributed by atoms with Crippen LogP contribution in [0.3, 0.4) is 0 Å². The highest BCUT2D eigenvalue weighted by Crippen LogP contribution is 2.28. The lowest BCUT2D eigenvalue weighted by atomic mass is 9.89. The third kappa shape index (κ3) is 30.5. The van der Waals surface area contributed by atoms with E-state index in [1.807, 2.05) is 47.6 Å². The van der Waals surface area contributed by atoms with Crippen molar-refractivity contribution in [2.75, 3.05) is 62.5 Å². The van der Waals surface area contributed by atoms with Crippen LogP contribution in [0.1, 0.15) is 204 Å². The van der Waals surface area contributed by atoms with Crippen LogP contribution in [0.15, 0.2) is 12.2 Å². The molecule has 0 saturated carbocycles. The molecular weight excluding hydrogens is 1310 g/mol. The molecule has 0 aliphatic heterocycles. The van der Waals surface area contributed by atoms with Gasteiger partial charge in [0.1, 0.15) is 78.7 Å². The van der Waals surface area contributed by atoms with Crippen LogP contribution >= 0.6 is 0 Å². The third-order valence-electron chi connectivity index (χ3n) is 18.1. The first-order valence-electron chi connectivity index (χ1n) is 36.1. The van der Waals surface area contributed by atoms with Gasteiger partial charge in [0.05, 0.1) is 12.1 Å². The van der Waals surface area contributed by atoms with Gasteiger partial charge in [-0.05, 0) is 142 Å². The fourth-order valence-corrected chi connectivity index (χ4v) is 11.8. The Hall–Kier alpha value is -7.39. The summed E-state index contributed by atoms with van der Waals surface area (Å²) in [4.78, 5) is 193.